The molecule has 0 atom stereocenters. The minimum Gasteiger partial charge on any atom is -0.343 e. The fourth-order valence-corrected chi connectivity index (χ4v) is 0. The first-order chi connectivity index (χ1) is 4.54. The summed E-state index contributed by atoms with van der Waals surface area (Å²) in [5.74, 6) is 1.55. The second-order valence-corrected chi connectivity index (χ2v) is 3.37. The van der Waals surface area contributed by atoms with Gasteiger partial charge in [-0.25, -0.2) is 0 Å². The molecule has 0 bridgehead atoms. The van der Waals surface area contributed by atoms with E-state index in [1.54, 1.807) is 0 Å². The first-order valence-electron chi connectivity index (χ1n) is 4.13. The van der Waals surface area contributed by atoms with Gasteiger partial charge in [0.2, 0.25) is 0 Å². The van der Waals surface area contributed by atoms with E-state index in [2.05, 4.69) is 41.5 Å². The Balaban J connectivity index is -0.000000107. The van der Waals surface area contributed by atoms with Crippen LogP contribution in [0, 0.1) is 25.7 Å². The number of rotatable bonds is 2. The molecular formula is C10H22Cd. The van der Waals surface area contributed by atoms with E-state index in [4.69, 9.17) is 0 Å². The van der Waals surface area contributed by atoms with Crippen LogP contribution in [0.1, 0.15) is 40.5 Å². The summed E-state index contributed by atoms with van der Waals surface area (Å²) in [5, 5.41) is 0. The van der Waals surface area contributed by atoms with Crippen molar-refractivity contribution in [3.8, 4) is 0 Å². The van der Waals surface area contributed by atoms with Crippen LogP contribution in [-0.2, 0) is 27.3 Å². The summed E-state index contributed by atoms with van der Waals surface area (Å²) >= 11 is 0. The molecule has 64 valence electrons. The van der Waals surface area contributed by atoms with Crippen LogP contribution in [0.5, 0.6) is 0 Å². The smallest absolute Gasteiger partial charge is 0.343 e. The van der Waals surface area contributed by atoms with Gasteiger partial charge in [-0.15, -0.1) is 0 Å². The van der Waals surface area contributed by atoms with Gasteiger partial charge in [0.25, 0.3) is 0 Å². The molecule has 0 aromatic heterocycles. The third-order valence-corrected chi connectivity index (χ3v) is 1.15. The zero-order chi connectivity index (χ0) is 8.57. The molecule has 0 saturated heterocycles. The second kappa shape index (κ2) is 13.5. The molecule has 0 aliphatic rings. The summed E-state index contributed by atoms with van der Waals surface area (Å²) in [4.78, 5) is 0. The SMILES string of the molecule is [CH2-]CC(C)C.[CH2-]CC(C)C.[Cd+2]. The first kappa shape index (κ1) is 17.9. The predicted octanol–water partition coefficient (Wildman–Crippen LogP) is 3.73. The normalized spacial score (nSPS) is 8.73. The Morgan fingerprint density at radius 2 is 0.909 bits per heavy atom. The van der Waals surface area contributed by atoms with Crippen molar-refractivity contribution >= 4 is 0 Å². The summed E-state index contributed by atoms with van der Waals surface area (Å²) in [5.41, 5.74) is 0. The topological polar surface area (TPSA) is 0 Å². The first-order valence-corrected chi connectivity index (χ1v) is 4.13. The van der Waals surface area contributed by atoms with E-state index in [1.165, 1.54) is 0 Å². The Kier molecular flexibility index (Phi) is 21.9. The molecule has 0 N–H and O–H groups in total. The maximum Gasteiger partial charge on any atom is 2.00 e. The van der Waals surface area contributed by atoms with Crippen LogP contribution < -0.4 is 0 Å². The Labute approximate surface area is 93.3 Å². The zero-order valence-electron chi connectivity index (χ0n) is 8.69. The van der Waals surface area contributed by atoms with E-state index in [0.29, 0.717) is 0 Å². The molecule has 0 aromatic carbocycles. The molecule has 0 radical (unpaired) electrons. The molecular weight excluding hydrogens is 233 g/mol. The predicted molar refractivity (Wildman–Crippen MR) is 49.6 cm³/mol. The summed E-state index contributed by atoms with van der Waals surface area (Å²) in [7, 11) is 0. The molecule has 0 fully saturated rings. The van der Waals surface area contributed by atoms with Gasteiger partial charge in [-0.3, -0.25) is 0 Å². The van der Waals surface area contributed by atoms with Crippen molar-refractivity contribution < 1.29 is 27.3 Å². The van der Waals surface area contributed by atoms with E-state index >= 15 is 0 Å². The molecule has 0 rings (SSSR count). The van der Waals surface area contributed by atoms with Crippen LogP contribution >= 0.6 is 0 Å². The van der Waals surface area contributed by atoms with Gasteiger partial charge in [-0.05, 0) is 0 Å². The molecule has 1 heteroatoms. The average Bonchev–Trinajstić information content (AvgIpc) is 1.89. The fraction of sp³-hybridized carbons (Fsp3) is 0.800. The van der Waals surface area contributed by atoms with Crippen molar-refractivity contribution in [1.82, 2.24) is 0 Å². The Hall–Kier alpha value is 0.922. The maximum atomic E-state index is 3.69. The Morgan fingerprint density at radius 3 is 0.909 bits per heavy atom. The summed E-state index contributed by atoms with van der Waals surface area (Å²) in [6.45, 7) is 16.0. The number of hydrogen-bond acceptors (Lipinski definition) is 0. The van der Waals surface area contributed by atoms with Gasteiger partial charge in [0, 0.05) is 0 Å². The van der Waals surface area contributed by atoms with Crippen molar-refractivity contribution in [3.63, 3.8) is 0 Å². The second-order valence-electron chi connectivity index (χ2n) is 3.37. The fourth-order valence-electron chi connectivity index (χ4n) is 0. The minimum absolute atomic E-state index is 0. The van der Waals surface area contributed by atoms with Gasteiger partial charge >= 0.3 is 27.3 Å². The molecule has 0 aliphatic carbocycles. The molecule has 0 unspecified atom stereocenters. The van der Waals surface area contributed by atoms with Crippen molar-refractivity contribution in [2.45, 2.75) is 40.5 Å². The van der Waals surface area contributed by atoms with Crippen LogP contribution in [0.4, 0.5) is 0 Å². The van der Waals surface area contributed by atoms with Gasteiger partial charge in [-0.2, -0.15) is 12.8 Å². The van der Waals surface area contributed by atoms with E-state index in [0.717, 1.165) is 24.7 Å². The van der Waals surface area contributed by atoms with Crippen molar-refractivity contribution in [2.75, 3.05) is 0 Å². The Bertz CT molecular complexity index is 40.8. The summed E-state index contributed by atoms with van der Waals surface area (Å²) < 4.78 is 0. The van der Waals surface area contributed by atoms with Crippen molar-refractivity contribution in [2.24, 2.45) is 11.8 Å². The molecule has 0 heterocycles. The van der Waals surface area contributed by atoms with Crippen LogP contribution in [0.2, 0.25) is 0 Å². The van der Waals surface area contributed by atoms with Crippen molar-refractivity contribution in [1.29, 1.82) is 0 Å². The standard InChI is InChI=1S/2C5H11.Cd/c2*1-4-5(2)3;/h2*5H,1,4H2,2-3H3;/q2*-1;+2. The van der Waals surface area contributed by atoms with Crippen molar-refractivity contribution in [3.05, 3.63) is 13.8 Å². The third kappa shape index (κ3) is 35.9. The van der Waals surface area contributed by atoms with Crippen LogP contribution in [0.15, 0.2) is 0 Å². The molecule has 0 saturated carbocycles. The van der Waals surface area contributed by atoms with Gasteiger partial charge in [0.05, 0.1) is 0 Å². The summed E-state index contributed by atoms with van der Waals surface area (Å²) in [6, 6.07) is 0. The monoisotopic (exact) mass is 256 g/mol. The number of hydrogen-bond donors (Lipinski definition) is 0. The largest absolute Gasteiger partial charge is 2.00 e. The molecule has 0 aliphatic heterocycles. The molecule has 0 amide bonds. The van der Waals surface area contributed by atoms with Gasteiger partial charge in [-0.1, -0.05) is 39.5 Å². The van der Waals surface area contributed by atoms with E-state index in [1.807, 2.05) is 0 Å². The van der Waals surface area contributed by atoms with Crippen LogP contribution in [0.3, 0.4) is 0 Å². The van der Waals surface area contributed by atoms with E-state index < -0.39 is 0 Å². The zero-order valence-corrected chi connectivity index (χ0v) is 12.7. The third-order valence-electron chi connectivity index (χ3n) is 1.15. The Morgan fingerprint density at radius 1 is 0.818 bits per heavy atom. The van der Waals surface area contributed by atoms with Gasteiger partial charge in [0.1, 0.15) is 0 Å². The molecule has 0 spiro atoms. The van der Waals surface area contributed by atoms with E-state index in [-0.39, 0.29) is 27.3 Å². The quantitative estimate of drug-likeness (QED) is 0.520. The van der Waals surface area contributed by atoms with Crippen LogP contribution in [-0.4, -0.2) is 0 Å². The molecule has 0 nitrogen and oxygen atoms in total. The average molecular weight is 255 g/mol. The summed E-state index contributed by atoms with van der Waals surface area (Å²) in [6.07, 6.45) is 2.11. The minimum atomic E-state index is 0. The van der Waals surface area contributed by atoms with E-state index in [9.17, 15) is 0 Å². The van der Waals surface area contributed by atoms with Gasteiger partial charge < -0.3 is 13.8 Å². The van der Waals surface area contributed by atoms with Gasteiger partial charge in [0.15, 0.2) is 0 Å². The molecule has 11 heavy (non-hydrogen) atoms. The van der Waals surface area contributed by atoms with Crippen LogP contribution in [0.25, 0.3) is 0 Å². The molecule has 0 aromatic rings. The maximum absolute atomic E-state index is 3.69.